The van der Waals surface area contributed by atoms with Gasteiger partial charge in [0.1, 0.15) is 17.0 Å². The van der Waals surface area contributed by atoms with Crippen LogP contribution in [0.4, 0.5) is 16.2 Å². The summed E-state index contributed by atoms with van der Waals surface area (Å²) in [6.45, 7) is 5.72. The number of anilines is 1. The van der Waals surface area contributed by atoms with Crippen LogP contribution in [0.5, 0.6) is 5.75 Å². The predicted octanol–water partition coefficient (Wildman–Crippen LogP) is 3.11. The highest BCUT2D eigenvalue weighted by atomic mass is 16.6. The maximum atomic E-state index is 11.5. The zero-order valence-corrected chi connectivity index (χ0v) is 14.3. The molecule has 132 valence electrons. The van der Waals surface area contributed by atoms with Crippen LogP contribution in [0.15, 0.2) is 18.2 Å². The Hall–Kier alpha value is -2.77. The Kier molecular flexibility index (Phi) is 6.58. The lowest BCUT2D eigenvalue weighted by Gasteiger charge is -2.19. The molecule has 0 aromatic heterocycles. The molecule has 1 aromatic rings. The Labute approximate surface area is 140 Å². The van der Waals surface area contributed by atoms with Crippen molar-refractivity contribution >= 4 is 23.5 Å². The number of hydrogen-bond acceptors (Lipinski definition) is 6. The van der Waals surface area contributed by atoms with E-state index in [1.165, 1.54) is 13.2 Å². The highest BCUT2D eigenvalue weighted by Crippen LogP contribution is 2.31. The van der Waals surface area contributed by atoms with Gasteiger partial charge < -0.3 is 20.5 Å². The average Bonchev–Trinajstić information content (AvgIpc) is 2.46. The van der Waals surface area contributed by atoms with Crippen LogP contribution >= 0.6 is 0 Å². The molecular formula is C16H23N3O5. The van der Waals surface area contributed by atoms with Crippen molar-refractivity contribution in [3.8, 4) is 5.75 Å². The molecular weight excluding hydrogens is 314 g/mol. The molecule has 0 saturated carbocycles. The number of carbonyl (C=O) groups is 1. The SMILES string of the molecule is COc1cc(C=CCCNC(=O)OC(C)(C)C)c(N)c([N+](=O)[O-])c1. The Morgan fingerprint density at radius 3 is 2.62 bits per heavy atom. The number of alkyl carbamates (subject to hydrolysis) is 1. The van der Waals surface area contributed by atoms with Gasteiger partial charge in [-0.1, -0.05) is 12.2 Å². The summed E-state index contributed by atoms with van der Waals surface area (Å²) < 4.78 is 10.1. The van der Waals surface area contributed by atoms with E-state index in [0.717, 1.165) is 0 Å². The van der Waals surface area contributed by atoms with Crippen molar-refractivity contribution in [3.05, 3.63) is 33.9 Å². The molecule has 24 heavy (non-hydrogen) atoms. The van der Waals surface area contributed by atoms with Gasteiger partial charge in [-0.25, -0.2) is 4.79 Å². The first-order valence-electron chi connectivity index (χ1n) is 7.39. The molecule has 3 N–H and O–H groups in total. The van der Waals surface area contributed by atoms with E-state index in [1.807, 2.05) is 0 Å². The van der Waals surface area contributed by atoms with Gasteiger partial charge in [0, 0.05) is 12.1 Å². The summed E-state index contributed by atoms with van der Waals surface area (Å²) in [7, 11) is 1.42. The van der Waals surface area contributed by atoms with E-state index < -0.39 is 16.6 Å². The molecule has 1 amide bonds. The van der Waals surface area contributed by atoms with Crippen LogP contribution in [-0.4, -0.2) is 30.3 Å². The largest absolute Gasteiger partial charge is 0.496 e. The Bertz CT molecular complexity index is 635. The van der Waals surface area contributed by atoms with Crippen molar-refractivity contribution < 1.29 is 19.2 Å². The highest BCUT2D eigenvalue weighted by molar-refractivity contribution is 5.75. The van der Waals surface area contributed by atoms with Crippen molar-refractivity contribution in [3.63, 3.8) is 0 Å². The van der Waals surface area contributed by atoms with E-state index >= 15 is 0 Å². The third-order valence-corrected chi connectivity index (χ3v) is 2.87. The maximum Gasteiger partial charge on any atom is 0.407 e. The quantitative estimate of drug-likeness (QED) is 0.356. The Morgan fingerprint density at radius 1 is 1.42 bits per heavy atom. The average molecular weight is 337 g/mol. The molecule has 0 spiro atoms. The molecule has 1 aromatic carbocycles. The molecule has 0 aliphatic carbocycles. The molecule has 8 nitrogen and oxygen atoms in total. The van der Waals surface area contributed by atoms with Crippen molar-refractivity contribution in [2.24, 2.45) is 0 Å². The van der Waals surface area contributed by atoms with E-state index in [4.69, 9.17) is 15.2 Å². The molecule has 0 aliphatic heterocycles. The van der Waals surface area contributed by atoms with Crippen LogP contribution < -0.4 is 15.8 Å². The van der Waals surface area contributed by atoms with Gasteiger partial charge in [-0.2, -0.15) is 0 Å². The van der Waals surface area contributed by atoms with E-state index in [1.54, 1.807) is 39.0 Å². The fraction of sp³-hybridized carbons (Fsp3) is 0.438. The number of nitrogens with two attached hydrogens (primary N) is 1. The fourth-order valence-electron chi connectivity index (χ4n) is 1.82. The summed E-state index contributed by atoms with van der Waals surface area (Å²) in [4.78, 5) is 21.9. The smallest absolute Gasteiger partial charge is 0.407 e. The maximum absolute atomic E-state index is 11.5. The number of methoxy groups -OCH3 is 1. The number of hydrogen-bond donors (Lipinski definition) is 2. The first-order valence-corrected chi connectivity index (χ1v) is 7.39. The lowest BCUT2D eigenvalue weighted by molar-refractivity contribution is -0.384. The van der Waals surface area contributed by atoms with Crippen molar-refractivity contribution in [1.29, 1.82) is 0 Å². The van der Waals surface area contributed by atoms with Crippen LogP contribution in [0.1, 0.15) is 32.8 Å². The van der Waals surface area contributed by atoms with Gasteiger partial charge in [0.25, 0.3) is 5.69 Å². The summed E-state index contributed by atoms with van der Waals surface area (Å²) in [5, 5.41) is 13.6. The highest BCUT2D eigenvalue weighted by Gasteiger charge is 2.17. The summed E-state index contributed by atoms with van der Waals surface area (Å²) in [5.41, 5.74) is 5.60. The molecule has 0 fully saturated rings. The molecule has 1 rings (SSSR count). The van der Waals surface area contributed by atoms with Crippen molar-refractivity contribution in [2.75, 3.05) is 19.4 Å². The second kappa shape index (κ2) is 8.19. The molecule has 0 bridgehead atoms. The van der Waals surface area contributed by atoms with Gasteiger partial charge in [0.05, 0.1) is 18.1 Å². The summed E-state index contributed by atoms with van der Waals surface area (Å²) in [6, 6.07) is 2.89. The lowest BCUT2D eigenvalue weighted by Crippen LogP contribution is -2.32. The number of ether oxygens (including phenoxy) is 2. The summed E-state index contributed by atoms with van der Waals surface area (Å²) >= 11 is 0. The number of amides is 1. The number of benzene rings is 1. The first-order chi connectivity index (χ1) is 11.1. The minimum atomic E-state index is -0.556. The molecule has 8 heteroatoms. The summed E-state index contributed by atoms with van der Waals surface area (Å²) in [6.07, 6.45) is 3.43. The minimum Gasteiger partial charge on any atom is -0.496 e. The van der Waals surface area contributed by atoms with Gasteiger partial charge in [0.2, 0.25) is 0 Å². The number of rotatable bonds is 6. The number of nitrogens with one attached hydrogen (secondary N) is 1. The van der Waals surface area contributed by atoms with Gasteiger partial charge in [-0.05, 0) is 33.3 Å². The monoisotopic (exact) mass is 337 g/mol. The summed E-state index contributed by atoms with van der Waals surface area (Å²) in [5.74, 6) is 0.349. The van der Waals surface area contributed by atoms with Gasteiger partial charge in [-0.15, -0.1) is 0 Å². The zero-order chi connectivity index (χ0) is 18.3. The third-order valence-electron chi connectivity index (χ3n) is 2.87. The molecule has 0 saturated heterocycles. The second-order valence-corrected chi connectivity index (χ2v) is 6.03. The van der Waals surface area contributed by atoms with Gasteiger partial charge in [-0.3, -0.25) is 10.1 Å². The van der Waals surface area contributed by atoms with Crippen LogP contribution in [0, 0.1) is 10.1 Å². The van der Waals surface area contributed by atoms with E-state index in [9.17, 15) is 14.9 Å². The van der Waals surface area contributed by atoms with Crippen LogP contribution in [0.3, 0.4) is 0 Å². The van der Waals surface area contributed by atoms with E-state index in [2.05, 4.69) is 5.32 Å². The number of carbonyl (C=O) groups excluding carboxylic acids is 1. The number of nitro groups is 1. The molecule has 0 aliphatic rings. The molecule has 0 unspecified atom stereocenters. The second-order valence-electron chi connectivity index (χ2n) is 6.03. The van der Waals surface area contributed by atoms with Crippen LogP contribution in [0.2, 0.25) is 0 Å². The third kappa shape index (κ3) is 6.15. The van der Waals surface area contributed by atoms with E-state index in [-0.39, 0.29) is 11.4 Å². The predicted molar refractivity (Wildman–Crippen MR) is 91.9 cm³/mol. The minimum absolute atomic E-state index is 0.0668. The lowest BCUT2D eigenvalue weighted by atomic mass is 10.1. The zero-order valence-electron chi connectivity index (χ0n) is 14.3. The fourth-order valence-corrected chi connectivity index (χ4v) is 1.82. The van der Waals surface area contributed by atoms with E-state index in [0.29, 0.717) is 24.3 Å². The number of nitrogen functional groups attached to an aromatic ring is 1. The number of nitrogens with zero attached hydrogens (tertiary/aromatic N) is 1. The van der Waals surface area contributed by atoms with Crippen LogP contribution in [-0.2, 0) is 4.74 Å². The number of nitro benzene ring substituents is 1. The topological polar surface area (TPSA) is 117 Å². The first kappa shape index (κ1) is 19.3. The molecule has 0 heterocycles. The van der Waals surface area contributed by atoms with Gasteiger partial charge >= 0.3 is 6.09 Å². The van der Waals surface area contributed by atoms with Crippen molar-refractivity contribution in [2.45, 2.75) is 32.8 Å². The normalized spacial score (nSPS) is 11.3. The molecule has 0 atom stereocenters. The van der Waals surface area contributed by atoms with Crippen molar-refractivity contribution in [1.82, 2.24) is 5.32 Å². The Morgan fingerprint density at radius 2 is 2.08 bits per heavy atom. The van der Waals surface area contributed by atoms with Crippen LogP contribution in [0.25, 0.3) is 6.08 Å². The standard InChI is InChI=1S/C16H23N3O5/c1-16(2,3)24-15(20)18-8-6-5-7-11-9-12(23-4)10-13(14(11)17)19(21)22/h5,7,9-10H,6,8,17H2,1-4H3,(H,18,20). The van der Waals surface area contributed by atoms with Gasteiger partial charge in [0.15, 0.2) is 0 Å². The Balaban J connectivity index is 2.66. The molecule has 0 radical (unpaired) electrons.